The molecule has 0 unspecified atom stereocenters. The Labute approximate surface area is 163 Å². The normalized spacial score (nSPS) is 18.5. The molecule has 1 aromatic carbocycles. The maximum absolute atomic E-state index is 12.4. The Kier molecular flexibility index (Phi) is 6.85. The van der Waals surface area contributed by atoms with Gasteiger partial charge in [0.2, 0.25) is 0 Å². The average Bonchev–Trinajstić information content (AvgIpc) is 3.14. The number of hydrogen-bond donors (Lipinski definition) is 1. The Morgan fingerprint density at radius 1 is 1.31 bits per heavy atom. The molecule has 9 heteroatoms. The standard InChI is InChI=1S/C17H19ClF3N3S2/c18-15-14(26-16(23-15)25-13-4-2-1-3-5-13)9-22-8-12-6-7-24(10-12)11-17(19,20)21/h1-5,12,22H,6-11H2/t12-/m1/s1. The second-order valence-electron chi connectivity index (χ2n) is 6.24. The highest BCUT2D eigenvalue weighted by atomic mass is 35.5. The van der Waals surface area contributed by atoms with E-state index in [9.17, 15) is 13.2 Å². The van der Waals surface area contributed by atoms with Crippen molar-refractivity contribution in [2.75, 3.05) is 26.2 Å². The molecule has 0 bridgehead atoms. The molecule has 0 spiro atoms. The van der Waals surface area contributed by atoms with Gasteiger partial charge in [0, 0.05) is 18.0 Å². The monoisotopic (exact) mass is 421 g/mol. The predicted molar refractivity (Wildman–Crippen MR) is 100.0 cm³/mol. The molecule has 1 aromatic heterocycles. The summed E-state index contributed by atoms with van der Waals surface area (Å²) in [6, 6.07) is 9.95. The smallest absolute Gasteiger partial charge is 0.311 e. The zero-order valence-electron chi connectivity index (χ0n) is 13.9. The number of hydrogen-bond acceptors (Lipinski definition) is 5. The lowest BCUT2D eigenvalue weighted by Gasteiger charge is -2.17. The van der Waals surface area contributed by atoms with Crippen LogP contribution in [0.1, 0.15) is 11.3 Å². The van der Waals surface area contributed by atoms with E-state index in [0.717, 1.165) is 20.5 Å². The van der Waals surface area contributed by atoms with Crippen LogP contribution in [0.2, 0.25) is 5.15 Å². The van der Waals surface area contributed by atoms with Gasteiger partial charge < -0.3 is 5.32 Å². The van der Waals surface area contributed by atoms with Crippen LogP contribution >= 0.6 is 34.7 Å². The van der Waals surface area contributed by atoms with Crippen LogP contribution in [0.3, 0.4) is 0 Å². The van der Waals surface area contributed by atoms with E-state index in [0.29, 0.717) is 31.3 Å². The molecule has 1 N–H and O–H groups in total. The summed E-state index contributed by atoms with van der Waals surface area (Å²) in [7, 11) is 0. The third-order valence-corrected chi connectivity index (χ3v) is 6.62. The number of thiazole rings is 1. The lowest BCUT2D eigenvalue weighted by molar-refractivity contribution is -0.143. The maximum atomic E-state index is 12.4. The number of benzene rings is 1. The fourth-order valence-electron chi connectivity index (χ4n) is 2.92. The number of alkyl halides is 3. The van der Waals surface area contributed by atoms with E-state index in [4.69, 9.17) is 11.6 Å². The molecule has 142 valence electrons. The van der Waals surface area contributed by atoms with E-state index in [-0.39, 0.29) is 5.92 Å². The van der Waals surface area contributed by atoms with Gasteiger partial charge in [0.1, 0.15) is 5.15 Å². The molecule has 1 atom stereocenters. The number of halogens is 4. The lowest BCUT2D eigenvalue weighted by Crippen LogP contribution is -2.33. The Bertz CT molecular complexity index is 709. The van der Waals surface area contributed by atoms with E-state index in [1.165, 1.54) is 4.90 Å². The van der Waals surface area contributed by atoms with Crippen LogP contribution in [0.5, 0.6) is 0 Å². The molecule has 0 saturated carbocycles. The van der Waals surface area contributed by atoms with Crippen molar-refractivity contribution in [1.29, 1.82) is 0 Å². The van der Waals surface area contributed by atoms with Gasteiger partial charge in [-0.25, -0.2) is 4.98 Å². The number of nitrogens with one attached hydrogen (secondary N) is 1. The number of likely N-dealkylation sites (tertiary alicyclic amines) is 1. The quantitative estimate of drug-likeness (QED) is 0.686. The summed E-state index contributed by atoms with van der Waals surface area (Å²) in [6.07, 6.45) is -3.33. The third-order valence-electron chi connectivity index (χ3n) is 4.07. The van der Waals surface area contributed by atoms with Crippen LogP contribution in [-0.2, 0) is 6.54 Å². The molecular formula is C17H19ClF3N3S2. The minimum atomic E-state index is -4.12. The van der Waals surface area contributed by atoms with E-state index in [2.05, 4.69) is 10.3 Å². The fourth-order valence-corrected chi connectivity index (χ4v) is 5.33. The zero-order valence-corrected chi connectivity index (χ0v) is 16.3. The second kappa shape index (κ2) is 8.93. The van der Waals surface area contributed by atoms with Crippen molar-refractivity contribution in [3.05, 3.63) is 40.4 Å². The second-order valence-corrected chi connectivity index (χ2v) is 9.01. The fraction of sp³-hybridized carbons (Fsp3) is 0.471. The summed E-state index contributed by atoms with van der Waals surface area (Å²) < 4.78 is 38.2. The summed E-state index contributed by atoms with van der Waals surface area (Å²) in [5.74, 6) is 0.238. The van der Waals surface area contributed by atoms with Crippen LogP contribution in [0.4, 0.5) is 13.2 Å². The lowest BCUT2D eigenvalue weighted by atomic mass is 10.1. The van der Waals surface area contributed by atoms with Crippen LogP contribution in [0, 0.1) is 5.92 Å². The van der Waals surface area contributed by atoms with Gasteiger partial charge in [-0.1, -0.05) is 41.6 Å². The summed E-state index contributed by atoms with van der Waals surface area (Å²) in [4.78, 5) is 7.91. The van der Waals surface area contributed by atoms with Crippen LogP contribution in [0.15, 0.2) is 39.6 Å². The van der Waals surface area contributed by atoms with Crippen molar-refractivity contribution >= 4 is 34.7 Å². The Balaban J connectivity index is 1.44. The molecule has 3 nitrogen and oxygen atoms in total. The highest BCUT2D eigenvalue weighted by molar-refractivity contribution is 8.01. The highest BCUT2D eigenvalue weighted by Gasteiger charge is 2.34. The molecule has 1 fully saturated rings. The van der Waals surface area contributed by atoms with Gasteiger partial charge in [-0.05, 0) is 37.6 Å². The SMILES string of the molecule is FC(F)(F)CN1CC[C@H](CNCc2sc(Sc3ccccc3)nc2Cl)C1. The zero-order chi connectivity index (χ0) is 18.6. The van der Waals surface area contributed by atoms with Crippen LogP contribution in [-0.4, -0.2) is 42.2 Å². The topological polar surface area (TPSA) is 28.2 Å². The molecule has 1 aliphatic heterocycles. The molecule has 3 rings (SSSR count). The van der Waals surface area contributed by atoms with Gasteiger partial charge in [-0.3, -0.25) is 4.90 Å². The van der Waals surface area contributed by atoms with E-state index in [1.807, 2.05) is 30.3 Å². The average molecular weight is 422 g/mol. The van der Waals surface area contributed by atoms with Gasteiger partial charge >= 0.3 is 6.18 Å². The van der Waals surface area contributed by atoms with Crippen molar-refractivity contribution in [3.63, 3.8) is 0 Å². The first-order valence-corrected chi connectivity index (χ1v) is 10.3. The summed E-state index contributed by atoms with van der Waals surface area (Å²) >= 11 is 9.33. The van der Waals surface area contributed by atoms with Crippen molar-refractivity contribution in [1.82, 2.24) is 15.2 Å². The third kappa shape index (κ3) is 6.13. The van der Waals surface area contributed by atoms with Gasteiger partial charge in [0.15, 0.2) is 4.34 Å². The summed E-state index contributed by atoms with van der Waals surface area (Å²) in [5.41, 5.74) is 0. The maximum Gasteiger partial charge on any atom is 0.401 e. The molecule has 2 aromatic rings. The van der Waals surface area contributed by atoms with Crippen LogP contribution in [0.25, 0.3) is 0 Å². The Morgan fingerprint density at radius 2 is 2.08 bits per heavy atom. The highest BCUT2D eigenvalue weighted by Crippen LogP contribution is 2.34. The molecule has 0 amide bonds. The largest absolute Gasteiger partial charge is 0.401 e. The van der Waals surface area contributed by atoms with Gasteiger partial charge in [-0.2, -0.15) is 13.2 Å². The number of aromatic nitrogens is 1. The van der Waals surface area contributed by atoms with Gasteiger partial charge in [0.25, 0.3) is 0 Å². The van der Waals surface area contributed by atoms with E-state index in [1.54, 1.807) is 23.1 Å². The summed E-state index contributed by atoms with van der Waals surface area (Å²) in [5, 5.41) is 3.81. The van der Waals surface area contributed by atoms with Crippen molar-refractivity contribution in [3.8, 4) is 0 Å². The molecule has 1 aliphatic rings. The molecule has 2 heterocycles. The van der Waals surface area contributed by atoms with E-state index < -0.39 is 12.7 Å². The Hall–Kier alpha value is -0.800. The first-order valence-electron chi connectivity index (χ1n) is 8.27. The van der Waals surface area contributed by atoms with Gasteiger partial charge in [0.05, 0.1) is 11.4 Å². The molecule has 0 aliphatic carbocycles. The molecule has 1 saturated heterocycles. The summed E-state index contributed by atoms with van der Waals surface area (Å²) in [6.45, 7) is 1.44. The molecule has 0 radical (unpaired) electrons. The first kappa shape index (κ1) is 19.9. The minimum absolute atomic E-state index is 0.238. The first-order chi connectivity index (χ1) is 12.4. The van der Waals surface area contributed by atoms with Crippen molar-refractivity contribution in [2.45, 2.75) is 28.4 Å². The van der Waals surface area contributed by atoms with Crippen molar-refractivity contribution in [2.24, 2.45) is 5.92 Å². The van der Waals surface area contributed by atoms with Crippen molar-refractivity contribution < 1.29 is 13.2 Å². The van der Waals surface area contributed by atoms with Crippen LogP contribution < -0.4 is 5.32 Å². The number of rotatable bonds is 7. The Morgan fingerprint density at radius 3 is 2.81 bits per heavy atom. The van der Waals surface area contributed by atoms with E-state index >= 15 is 0 Å². The van der Waals surface area contributed by atoms with Gasteiger partial charge in [-0.15, -0.1) is 11.3 Å². The predicted octanol–water partition coefficient (Wildman–Crippen LogP) is 4.92. The molecular weight excluding hydrogens is 403 g/mol. The minimum Gasteiger partial charge on any atom is -0.311 e. The molecule has 26 heavy (non-hydrogen) atoms. The number of nitrogens with zero attached hydrogens (tertiary/aromatic N) is 2.